The van der Waals surface area contributed by atoms with Gasteiger partial charge in [-0.25, -0.2) is 0 Å². The van der Waals surface area contributed by atoms with Gasteiger partial charge < -0.3 is 16.0 Å². The highest BCUT2D eigenvalue weighted by atomic mass is 16.5. The van der Waals surface area contributed by atoms with E-state index in [0.29, 0.717) is 5.89 Å². The Morgan fingerprint density at radius 2 is 2.18 bits per heavy atom. The number of nitrogens with two attached hydrogens (primary N) is 2. The molecule has 94 valence electrons. The molecule has 0 unspecified atom stereocenters. The Balaban J connectivity index is 2.13. The Bertz CT molecular complexity index is 407. The fourth-order valence-corrected chi connectivity index (χ4v) is 2.34. The van der Waals surface area contributed by atoms with E-state index in [2.05, 4.69) is 17.1 Å². The number of carbonyl (C=O) groups is 1. The van der Waals surface area contributed by atoms with E-state index in [1.54, 1.807) is 0 Å². The minimum absolute atomic E-state index is 0.0950. The standard InChI is InChI=1S/C11H18N4O2/c1-2-7-3-5-11(13,6-4-7)10-14-9(8(12)16)15-17-10/h7H,2-6,13H2,1H3,(H2,12,16). The summed E-state index contributed by atoms with van der Waals surface area (Å²) in [5.41, 5.74) is 10.8. The summed E-state index contributed by atoms with van der Waals surface area (Å²) in [6, 6.07) is 0. The van der Waals surface area contributed by atoms with E-state index in [9.17, 15) is 4.79 Å². The first-order chi connectivity index (χ1) is 8.05. The molecule has 0 bridgehead atoms. The zero-order valence-electron chi connectivity index (χ0n) is 9.98. The Labute approximate surface area is 99.7 Å². The molecule has 6 heteroatoms. The number of carbonyl (C=O) groups excluding carboxylic acids is 1. The van der Waals surface area contributed by atoms with Gasteiger partial charge in [-0.05, 0) is 31.6 Å². The van der Waals surface area contributed by atoms with Crippen LogP contribution in [0, 0.1) is 5.92 Å². The van der Waals surface area contributed by atoms with Crippen molar-refractivity contribution in [3.05, 3.63) is 11.7 Å². The lowest BCUT2D eigenvalue weighted by molar-refractivity contribution is 0.0987. The summed E-state index contributed by atoms with van der Waals surface area (Å²) in [6.45, 7) is 2.19. The highest BCUT2D eigenvalue weighted by Crippen LogP contribution is 2.37. The van der Waals surface area contributed by atoms with Crippen LogP contribution < -0.4 is 11.5 Å². The molecule has 17 heavy (non-hydrogen) atoms. The molecule has 1 aromatic heterocycles. The van der Waals surface area contributed by atoms with Gasteiger partial charge in [-0.2, -0.15) is 4.98 Å². The van der Waals surface area contributed by atoms with E-state index in [4.69, 9.17) is 16.0 Å². The maximum atomic E-state index is 10.9. The predicted molar refractivity (Wildman–Crippen MR) is 60.9 cm³/mol. The van der Waals surface area contributed by atoms with E-state index in [1.165, 1.54) is 6.42 Å². The monoisotopic (exact) mass is 238 g/mol. The second kappa shape index (κ2) is 4.44. The molecule has 0 aromatic carbocycles. The van der Waals surface area contributed by atoms with E-state index >= 15 is 0 Å². The smallest absolute Gasteiger partial charge is 0.290 e. The van der Waals surface area contributed by atoms with Crippen LogP contribution in [0.25, 0.3) is 0 Å². The zero-order chi connectivity index (χ0) is 12.5. The molecule has 1 saturated carbocycles. The van der Waals surface area contributed by atoms with Gasteiger partial charge in [0, 0.05) is 0 Å². The zero-order valence-corrected chi connectivity index (χ0v) is 9.98. The third-order valence-electron chi connectivity index (χ3n) is 3.65. The number of rotatable bonds is 3. The predicted octanol–water partition coefficient (Wildman–Crippen LogP) is 0.923. The second-order valence-electron chi connectivity index (χ2n) is 4.80. The van der Waals surface area contributed by atoms with Crippen LogP contribution in [0.1, 0.15) is 55.5 Å². The van der Waals surface area contributed by atoms with Crippen molar-refractivity contribution in [2.24, 2.45) is 17.4 Å². The van der Waals surface area contributed by atoms with Crippen LogP contribution in [0.5, 0.6) is 0 Å². The molecule has 2 rings (SSSR count). The van der Waals surface area contributed by atoms with Gasteiger partial charge in [0.15, 0.2) is 0 Å². The van der Waals surface area contributed by atoms with Crippen LogP contribution in [0.4, 0.5) is 0 Å². The Morgan fingerprint density at radius 1 is 1.53 bits per heavy atom. The van der Waals surface area contributed by atoms with Gasteiger partial charge in [0.2, 0.25) is 5.89 Å². The third-order valence-corrected chi connectivity index (χ3v) is 3.65. The van der Waals surface area contributed by atoms with Gasteiger partial charge in [0.05, 0.1) is 5.54 Å². The lowest BCUT2D eigenvalue weighted by Gasteiger charge is -2.33. The normalized spacial score (nSPS) is 29.2. The van der Waals surface area contributed by atoms with E-state index < -0.39 is 11.4 Å². The van der Waals surface area contributed by atoms with E-state index in [-0.39, 0.29) is 5.82 Å². The summed E-state index contributed by atoms with van der Waals surface area (Å²) in [5.74, 6) is 0.277. The molecule has 0 saturated heterocycles. The molecule has 6 nitrogen and oxygen atoms in total. The van der Waals surface area contributed by atoms with Crippen molar-refractivity contribution in [3.8, 4) is 0 Å². The maximum absolute atomic E-state index is 10.9. The van der Waals surface area contributed by atoms with Gasteiger partial charge >= 0.3 is 0 Å². The van der Waals surface area contributed by atoms with Gasteiger partial charge in [-0.3, -0.25) is 4.79 Å². The highest BCUT2D eigenvalue weighted by Gasteiger charge is 2.37. The summed E-state index contributed by atoms with van der Waals surface area (Å²) < 4.78 is 5.05. The fourth-order valence-electron chi connectivity index (χ4n) is 2.34. The van der Waals surface area contributed by atoms with Crippen molar-refractivity contribution in [2.45, 2.75) is 44.6 Å². The summed E-state index contributed by atoms with van der Waals surface area (Å²) in [7, 11) is 0. The van der Waals surface area contributed by atoms with Gasteiger partial charge in [0.1, 0.15) is 0 Å². The molecule has 0 aliphatic heterocycles. The average Bonchev–Trinajstić information content (AvgIpc) is 2.80. The van der Waals surface area contributed by atoms with Crippen LogP contribution in [-0.2, 0) is 5.54 Å². The van der Waals surface area contributed by atoms with Gasteiger partial charge in [-0.15, -0.1) is 0 Å². The lowest BCUT2D eigenvalue weighted by atomic mass is 9.76. The molecule has 0 radical (unpaired) electrons. The van der Waals surface area contributed by atoms with Crippen LogP contribution in [0.3, 0.4) is 0 Å². The largest absolute Gasteiger partial charge is 0.363 e. The molecule has 1 fully saturated rings. The first kappa shape index (κ1) is 12.0. The van der Waals surface area contributed by atoms with E-state index in [0.717, 1.165) is 31.6 Å². The molecule has 1 amide bonds. The Morgan fingerprint density at radius 3 is 2.65 bits per heavy atom. The van der Waals surface area contributed by atoms with Crippen molar-refractivity contribution < 1.29 is 9.32 Å². The summed E-state index contributed by atoms with van der Waals surface area (Å²) >= 11 is 0. The second-order valence-corrected chi connectivity index (χ2v) is 4.80. The van der Waals surface area contributed by atoms with Crippen LogP contribution >= 0.6 is 0 Å². The van der Waals surface area contributed by atoms with Crippen LogP contribution in [0.15, 0.2) is 4.52 Å². The van der Waals surface area contributed by atoms with Crippen molar-refractivity contribution in [2.75, 3.05) is 0 Å². The third kappa shape index (κ3) is 2.31. The molecular weight excluding hydrogens is 220 g/mol. The molecule has 1 aromatic rings. The van der Waals surface area contributed by atoms with Gasteiger partial charge in [0.25, 0.3) is 11.7 Å². The Kier molecular flexibility index (Phi) is 3.15. The first-order valence-corrected chi connectivity index (χ1v) is 5.98. The minimum atomic E-state index is -0.689. The molecule has 0 atom stereocenters. The molecular formula is C11H18N4O2. The SMILES string of the molecule is CCC1CCC(N)(c2nc(C(N)=O)no2)CC1. The fraction of sp³-hybridized carbons (Fsp3) is 0.727. The van der Waals surface area contributed by atoms with Crippen molar-refractivity contribution in [1.82, 2.24) is 10.1 Å². The Hall–Kier alpha value is -1.43. The number of nitrogens with zero attached hydrogens (tertiary/aromatic N) is 2. The molecule has 1 heterocycles. The lowest BCUT2D eigenvalue weighted by Crippen LogP contribution is -2.40. The van der Waals surface area contributed by atoms with Crippen molar-refractivity contribution in [1.29, 1.82) is 0 Å². The number of primary amides is 1. The van der Waals surface area contributed by atoms with Gasteiger partial charge in [-0.1, -0.05) is 18.5 Å². The number of hydrogen-bond donors (Lipinski definition) is 2. The summed E-state index contributed by atoms with van der Waals surface area (Å²) in [6.07, 6.45) is 4.91. The van der Waals surface area contributed by atoms with Crippen LogP contribution in [-0.4, -0.2) is 16.0 Å². The molecule has 4 N–H and O–H groups in total. The van der Waals surface area contributed by atoms with Crippen LogP contribution in [0.2, 0.25) is 0 Å². The number of amides is 1. The molecule has 1 aliphatic rings. The topological polar surface area (TPSA) is 108 Å². The van der Waals surface area contributed by atoms with Crippen molar-refractivity contribution >= 4 is 5.91 Å². The number of aromatic nitrogens is 2. The molecule has 0 spiro atoms. The summed E-state index contributed by atoms with van der Waals surface area (Å²) in [4.78, 5) is 14.9. The highest BCUT2D eigenvalue weighted by molar-refractivity contribution is 5.88. The quantitative estimate of drug-likeness (QED) is 0.814. The van der Waals surface area contributed by atoms with E-state index in [1.807, 2.05) is 0 Å². The number of hydrogen-bond acceptors (Lipinski definition) is 5. The summed E-state index contributed by atoms with van der Waals surface area (Å²) in [5, 5.41) is 3.53. The minimum Gasteiger partial charge on any atom is -0.363 e. The average molecular weight is 238 g/mol. The molecule has 1 aliphatic carbocycles. The van der Waals surface area contributed by atoms with Crippen molar-refractivity contribution in [3.63, 3.8) is 0 Å². The first-order valence-electron chi connectivity index (χ1n) is 5.98. The maximum Gasteiger partial charge on any atom is 0.290 e.